The van der Waals surface area contributed by atoms with Crippen molar-refractivity contribution >= 4 is 41.4 Å². The Kier molecular flexibility index (Phi) is 6.19. The van der Waals surface area contributed by atoms with Crippen LogP contribution in [-0.2, 0) is 4.57 Å². The van der Waals surface area contributed by atoms with Crippen molar-refractivity contribution in [2.24, 2.45) is 0 Å². The van der Waals surface area contributed by atoms with Gasteiger partial charge in [0.05, 0.1) is 11.1 Å². The van der Waals surface area contributed by atoms with Crippen LogP contribution in [-0.4, -0.2) is 43.0 Å². The average molecular weight is 448 g/mol. The molecule has 0 saturated heterocycles. The van der Waals surface area contributed by atoms with Crippen LogP contribution < -0.4 is 0 Å². The topological polar surface area (TPSA) is 109 Å². The van der Waals surface area contributed by atoms with E-state index in [1.165, 1.54) is 25.4 Å². The molecule has 1 aromatic carbocycles. The lowest BCUT2D eigenvalue weighted by Crippen LogP contribution is -2.20. The molecular formula is C19H21N4O5PS+2. The van der Waals surface area contributed by atoms with Gasteiger partial charge in [-0.15, -0.1) is 11.3 Å². The zero-order valence-electron chi connectivity index (χ0n) is 16.8. The van der Waals surface area contributed by atoms with E-state index in [1.807, 2.05) is 0 Å². The molecule has 11 heteroatoms. The van der Waals surface area contributed by atoms with Crippen LogP contribution in [0.5, 0.6) is 0 Å². The number of fused-ring (bicyclic) bond motifs is 1. The smallest absolute Gasteiger partial charge is 0.292 e. The maximum Gasteiger partial charge on any atom is 0.780 e. The number of aromatic nitrogens is 2. The second-order valence-corrected chi connectivity index (χ2v) is 9.61. The van der Waals surface area contributed by atoms with Gasteiger partial charge >= 0.3 is 7.59 Å². The predicted octanol–water partition coefficient (Wildman–Crippen LogP) is 4.48. The third kappa shape index (κ3) is 3.46. The summed E-state index contributed by atoms with van der Waals surface area (Å²) in [5.41, 5.74) is 0.701. The molecule has 3 rings (SSSR count). The summed E-state index contributed by atoms with van der Waals surface area (Å²) < 4.78 is 15.2. The first-order valence-corrected chi connectivity index (χ1v) is 11.9. The zero-order valence-corrected chi connectivity index (χ0v) is 18.5. The number of benzene rings is 1. The first kappa shape index (κ1) is 21.9. The number of carbonyl (C=O) groups excluding carboxylic acids is 2. The first-order valence-electron chi connectivity index (χ1n) is 9.44. The van der Waals surface area contributed by atoms with Gasteiger partial charge in [-0.25, -0.2) is 4.98 Å². The normalized spacial score (nSPS) is 11.6. The van der Waals surface area contributed by atoms with Gasteiger partial charge in [0.25, 0.3) is 0 Å². The molecule has 0 fully saturated rings. The highest BCUT2D eigenvalue weighted by Gasteiger charge is 2.59. The van der Waals surface area contributed by atoms with Crippen LogP contribution in [0.15, 0.2) is 35.8 Å². The molecule has 2 aromatic heterocycles. The molecular weight excluding hydrogens is 427 g/mol. The molecule has 30 heavy (non-hydrogen) atoms. The van der Waals surface area contributed by atoms with Crippen LogP contribution in [0.2, 0.25) is 0 Å². The molecule has 0 aliphatic heterocycles. The van der Waals surface area contributed by atoms with Crippen LogP contribution in [0.1, 0.15) is 53.0 Å². The molecule has 9 nitrogen and oxygen atoms in total. The van der Waals surface area contributed by atoms with Crippen molar-refractivity contribution in [1.29, 1.82) is 0 Å². The van der Waals surface area contributed by atoms with Crippen molar-refractivity contribution in [3.05, 3.63) is 61.9 Å². The Morgan fingerprint density at radius 2 is 1.73 bits per heavy atom. The molecule has 0 aliphatic carbocycles. The molecule has 0 saturated carbocycles. The Balaban J connectivity index is 2.22. The summed E-state index contributed by atoms with van der Waals surface area (Å²) in [4.78, 5) is 54.1. The van der Waals surface area contributed by atoms with Crippen molar-refractivity contribution in [3.8, 4) is 0 Å². The van der Waals surface area contributed by atoms with Crippen LogP contribution in [0.4, 0.5) is 0 Å². The maximum atomic E-state index is 13.6. The van der Waals surface area contributed by atoms with E-state index in [9.17, 15) is 24.0 Å². The fraction of sp³-hybridized carbons (Fsp3) is 0.316. The summed E-state index contributed by atoms with van der Waals surface area (Å²) in [6.45, 7) is 4.38. The summed E-state index contributed by atoms with van der Waals surface area (Å²) in [6.07, 6.45) is 1.55. The second-order valence-electron chi connectivity index (χ2n) is 6.40. The van der Waals surface area contributed by atoms with Crippen molar-refractivity contribution in [3.63, 3.8) is 0 Å². The minimum Gasteiger partial charge on any atom is -0.292 e. The van der Waals surface area contributed by atoms with E-state index in [0.717, 1.165) is 15.7 Å². The summed E-state index contributed by atoms with van der Waals surface area (Å²) in [6, 6.07) is 6.61. The van der Waals surface area contributed by atoms with E-state index in [2.05, 4.69) is 4.98 Å². The van der Waals surface area contributed by atoms with Gasteiger partial charge in [0.15, 0.2) is 10.8 Å². The molecule has 156 valence electrons. The van der Waals surface area contributed by atoms with Gasteiger partial charge in [0, 0.05) is 33.2 Å². The number of hydrogen-bond donors (Lipinski definition) is 0. The Bertz CT molecular complexity index is 1210. The summed E-state index contributed by atoms with van der Waals surface area (Å²) in [7, 11) is -4.28. The highest BCUT2D eigenvalue weighted by atomic mass is 32.1. The molecule has 0 spiro atoms. The van der Waals surface area contributed by atoms with E-state index < -0.39 is 13.4 Å². The average Bonchev–Trinajstić information content (AvgIpc) is 3.42. The fourth-order valence-corrected chi connectivity index (χ4v) is 5.94. The zero-order chi connectivity index (χ0) is 22.1. The maximum absolute atomic E-state index is 13.6. The van der Waals surface area contributed by atoms with Gasteiger partial charge in [-0.05, 0) is 19.9 Å². The second kappa shape index (κ2) is 8.49. The number of hydrogen-bond acceptors (Lipinski definition) is 7. The lowest BCUT2D eigenvalue weighted by molar-refractivity contribution is -0.511. The molecule has 3 aromatic rings. The van der Waals surface area contributed by atoms with Gasteiger partial charge in [-0.1, -0.05) is 25.1 Å². The molecule has 0 radical (unpaired) electrons. The van der Waals surface area contributed by atoms with Crippen molar-refractivity contribution in [2.45, 2.75) is 27.2 Å². The van der Waals surface area contributed by atoms with Crippen molar-refractivity contribution < 1.29 is 23.2 Å². The number of para-hydroxylation sites is 1. The third-order valence-electron chi connectivity index (χ3n) is 4.65. The van der Waals surface area contributed by atoms with Crippen LogP contribution >= 0.6 is 18.9 Å². The summed E-state index contributed by atoms with van der Waals surface area (Å²) >= 11 is 1.04. The molecule has 0 unspecified atom stereocenters. The lowest BCUT2D eigenvalue weighted by Gasteiger charge is -2.03. The lowest BCUT2D eigenvalue weighted by atomic mass is 10.1. The molecule has 0 N–H and O–H groups in total. The first-order chi connectivity index (χ1) is 14.3. The number of thiazole rings is 1. The Morgan fingerprint density at radius 1 is 1.10 bits per heavy atom. The van der Waals surface area contributed by atoms with E-state index in [4.69, 9.17) is 0 Å². The van der Waals surface area contributed by atoms with E-state index >= 15 is 0 Å². The van der Waals surface area contributed by atoms with Gasteiger partial charge in [0.1, 0.15) is 14.8 Å². The van der Waals surface area contributed by atoms with E-state index in [1.54, 1.807) is 31.2 Å². The Hall–Kier alpha value is -2.84. The molecule has 0 amide bonds. The van der Waals surface area contributed by atoms with E-state index in [0.29, 0.717) is 10.9 Å². The number of nitrogens with zero attached hydrogens (tertiary/aromatic N) is 4. The molecule has 0 bridgehead atoms. The number of ketones is 2. The minimum absolute atomic E-state index is 0.105. The number of carbonyl (C=O) groups is 2. The monoisotopic (exact) mass is 448 g/mol. The molecule has 0 atom stereocenters. The Morgan fingerprint density at radius 3 is 2.33 bits per heavy atom. The van der Waals surface area contributed by atoms with Crippen molar-refractivity contribution in [2.75, 3.05) is 13.1 Å². The van der Waals surface area contributed by atoms with Crippen molar-refractivity contribution in [1.82, 2.24) is 9.32 Å². The predicted molar refractivity (Wildman–Crippen MR) is 113 cm³/mol. The number of nitroso groups, excluding NO2 is 2. The quantitative estimate of drug-likeness (QED) is 0.353. The van der Waals surface area contributed by atoms with Gasteiger partial charge in [-0.2, -0.15) is 8.90 Å². The fourth-order valence-electron chi connectivity index (χ4n) is 3.06. The number of rotatable bonds is 9. The molecule has 2 heterocycles. The largest absolute Gasteiger partial charge is 0.780 e. The van der Waals surface area contributed by atoms with Gasteiger partial charge in [0.2, 0.25) is 18.9 Å². The van der Waals surface area contributed by atoms with E-state index in [-0.39, 0.29) is 50.6 Å². The Labute approximate surface area is 176 Å². The van der Waals surface area contributed by atoms with Crippen LogP contribution in [0, 0.1) is 9.81 Å². The summed E-state index contributed by atoms with van der Waals surface area (Å²) in [5, 5.41) is 2.07. The van der Waals surface area contributed by atoms with Crippen LogP contribution in [0.3, 0.4) is 0 Å². The van der Waals surface area contributed by atoms with Gasteiger partial charge < -0.3 is 0 Å². The standard InChI is InChI=1S/C19H21N4O5PS/c1-4-17(24)15-12-30-19(20-15)18(25)14-11-21(16-10-8-7-9-13(14)16)29(28,22(26)5-2)23(27)6-3/h7-12H,4-6H2,1-3H3/q+2. The number of Topliss-reactive ketones (excluding diaryl/α,β-unsaturated/α-hetero) is 1. The minimum atomic E-state index is -4.28. The SMILES string of the molecule is CCC(=O)c1csc(C(=O)c2cn(P(=O)([N+](=O)CC)[N+](=O)CC)c3ccccc23)n1. The molecule has 0 aliphatic rings. The highest BCUT2D eigenvalue weighted by Crippen LogP contribution is 2.51. The third-order valence-corrected chi connectivity index (χ3v) is 8.11. The van der Waals surface area contributed by atoms with Crippen LogP contribution in [0.25, 0.3) is 10.9 Å². The van der Waals surface area contributed by atoms with Gasteiger partial charge in [-0.3, -0.25) is 9.59 Å². The highest BCUT2D eigenvalue weighted by molar-refractivity contribution is 7.49. The summed E-state index contributed by atoms with van der Waals surface area (Å²) in [5.74, 6) is -0.647.